The van der Waals surface area contributed by atoms with Crippen molar-refractivity contribution in [1.29, 1.82) is 0 Å². The highest BCUT2D eigenvalue weighted by Gasteiger charge is 2.16. The van der Waals surface area contributed by atoms with Gasteiger partial charge in [0.2, 0.25) is 0 Å². The second-order valence-corrected chi connectivity index (χ2v) is 3.58. The predicted octanol–water partition coefficient (Wildman–Crippen LogP) is 3.43. The average molecular weight is 236 g/mol. The van der Waals surface area contributed by atoms with Crippen molar-refractivity contribution >= 4 is 12.4 Å². The molecule has 0 aliphatic heterocycles. The van der Waals surface area contributed by atoms with Gasteiger partial charge in [0.1, 0.15) is 11.6 Å². The molecule has 0 aliphatic carbocycles. The summed E-state index contributed by atoms with van der Waals surface area (Å²) in [5.41, 5.74) is 6.23. The van der Waals surface area contributed by atoms with Crippen molar-refractivity contribution in [2.45, 2.75) is 26.3 Å². The molecule has 0 fully saturated rings. The first kappa shape index (κ1) is 14.3. The minimum absolute atomic E-state index is 0. The number of hydrogen-bond acceptors (Lipinski definition) is 1. The Labute approximate surface area is 95.1 Å². The van der Waals surface area contributed by atoms with Crippen LogP contribution in [0.2, 0.25) is 0 Å². The maximum atomic E-state index is 13.3. The van der Waals surface area contributed by atoms with Gasteiger partial charge in [-0.15, -0.1) is 12.4 Å². The second-order valence-electron chi connectivity index (χ2n) is 3.58. The predicted molar refractivity (Wildman–Crippen MR) is 60.0 cm³/mol. The molecule has 0 aromatic heterocycles. The van der Waals surface area contributed by atoms with E-state index in [2.05, 4.69) is 0 Å². The van der Waals surface area contributed by atoms with Gasteiger partial charge in [0, 0.05) is 17.7 Å². The van der Waals surface area contributed by atoms with Crippen LogP contribution in [0.4, 0.5) is 8.78 Å². The highest BCUT2D eigenvalue weighted by Crippen LogP contribution is 2.24. The summed E-state index contributed by atoms with van der Waals surface area (Å²) in [6.45, 7) is 3.94. The molecule has 2 N–H and O–H groups in total. The van der Waals surface area contributed by atoms with E-state index >= 15 is 0 Å². The van der Waals surface area contributed by atoms with Gasteiger partial charge in [-0.1, -0.05) is 26.3 Å². The third-order valence-corrected chi connectivity index (χ3v) is 2.58. The summed E-state index contributed by atoms with van der Waals surface area (Å²) in [5.74, 6) is -0.935. The first-order valence-corrected chi connectivity index (χ1v) is 4.76. The van der Waals surface area contributed by atoms with Crippen LogP contribution in [0.1, 0.15) is 31.9 Å². The molecule has 0 saturated heterocycles. The van der Waals surface area contributed by atoms with E-state index in [-0.39, 0.29) is 24.4 Å². The minimum Gasteiger partial charge on any atom is -0.324 e. The van der Waals surface area contributed by atoms with E-state index in [1.807, 2.05) is 13.8 Å². The lowest BCUT2D eigenvalue weighted by molar-refractivity contribution is 0.437. The zero-order valence-electron chi connectivity index (χ0n) is 8.84. The lowest BCUT2D eigenvalue weighted by Gasteiger charge is -2.19. The summed E-state index contributed by atoms with van der Waals surface area (Å²) in [7, 11) is 0. The highest BCUT2D eigenvalue weighted by atomic mass is 35.5. The zero-order valence-corrected chi connectivity index (χ0v) is 9.65. The number of benzene rings is 1. The van der Waals surface area contributed by atoms with Crippen molar-refractivity contribution in [3.63, 3.8) is 0 Å². The standard InChI is InChI=1S/C11H15F2N.ClH/c1-3-7(2)11(14)9-5-4-8(12)6-10(9)13;/h4-7,11H,3,14H2,1-2H3;1H/t7?,11-;/m0./s1. The van der Waals surface area contributed by atoms with Gasteiger partial charge in [-0.25, -0.2) is 8.78 Å². The molecule has 4 heteroatoms. The van der Waals surface area contributed by atoms with Crippen LogP contribution in [-0.2, 0) is 0 Å². The summed E-state index contributed by atoms with van der Waals surface area (Å²) in [5, 5.41) is 0. The van der Waals surface area contributed by atoms with Gasteiger partial charge >= 0.3 is 0 Å². The molecule has 0 heterocycles. The lowest BCUT2D eigenvalue weighted by atomic mass is 9.93. The molecule has 1 unspecified atom stereocenters. The monoisotopic (exact) mass is 235 g/mol. The molecule has 2 atom stereocenters. The molecule has 1 aromatic rings. The Balaban J connectivity index is 0.00000196. The van der Waals surface area contributed by atoms with E-state index in [1.165, 1.54) is 12.1 Å². The van der Waals surface area contributed by atoms with Gasteiger partial charge in [0.05, 0.1) is 0 Å². The molecular formula is C11H16ClF2N. The second kappa shape index (κ2) is 6.03. The van der Waals surface area contributed by atoms with Gasteiger partial charge in [0.25, 0.3) is 0 Å². The zero-order chi connectivity index (χ0) is 10.7. The van der Waals surface area contributed by atoms with Gasteiger partial charge in [0.15, 0.2) is 0 Å². The van der Waals surface area contributed by atoms with Crippen molar-refractivity contribution in [3.8, 4) is 0 Å². The Morgan fingerprint density at radius 2 is 1.93 bits per heavy atom. The van der Waals surface area contributed by atoms with E-state index in [9.17, 15) is 8.78 Å². The lowest BCUT2D eigenvalue weighted by Crippen LogP contribution is -2.19. The molecule has 86 valence electrons. The molecule has 1 nitrogen and oxygen atoms in total. The fourth-order valence-corrected chi connectivity index (χ4v) is 1.33. The van der Waals surface area contributed by atoms with E-state index in [0.717, 1.165) is 12.5 Å². The summed E-state index contributed by atoms with van der Waals surface area (Å²) >= 11 is 0. The van der Waals surface area contributed by atoms with E-state index < -0.39 is 11.6 Å². The average Bonchev–Trinajstić information content (AvgIpc) is 2.15. The van der Waals surface area contributed by atoms with Gasteiger partial charge in [-0.3, -0.25) is 0 Å². The maximum absolute atomic E-state index is 13.3. The van der Waals surface area contributed by atoms with Crippen LogP contribution in [0.3, 0.4) is 0 Å². The Morgan fingerprint density at radius 1 is 1.33 bits per heavy atom. The minimum atomic E-state index is -0.567. The van der Waals surface area contributed by atoms with Crippen molar-refractivity contribution in [1.82, 2.24) is 0 Å². The largest absolute Gasteiger partial charge is 0.324 e. The molecule has 0 saturated carbocycles. The molecule has 0 amide bonds. The maximum Gasteiger partial charge on any atom is 0.130 e. The van der Waals surface area contributed by atoms with Crippen LogP contribution in [0.15, 0.2) is 18.2 Å². The summed E-state index contributed by atoms with van der Waals surface area (Å²) in [6, 6.07) is 3.17. The number of halogens is 3. The summed E-state index contributed by atoms with van der Waals surface area (Å²) in [6.07, 6.45) is 0.873. The van der Waals surface area contributed by atoms with Crippen LogP contribution in [-0.4, -0.2) is 0 Å². The molecular weight excluding hydrogens is 220 g/mol. The SMILES string of the molecule is CCC(C)[C@H](N)c1ccc(F)cc1F.Cl. The number of nitrogens with two attached hydrogens (primary N) is 1. The van der Waals surface area contributed by atoms with Crippen LogP contribution < -0.4 is 5.73 Å². The van der Waals surface area contributed by atoms with Gasteiger partial charge in [-0.2, -0.15) is 0 Å². The van der Waals surface area contributed by atoms with Crippen molar-refractivity contribution in [2.75, 3.05) is 0 Å². The third kappa shape index (κ3) is 3.43. The quantitative estimate of drug-likeness (QED) is 0.854. The first-order valence-electron chi connectivity index (χ1n) is 4.76. The van der Waals surface area contributed by atoms with E-state index in [1.54, 1.807) is 0 Å². The molecule has 0 radical (unpaired) electrons. The Hall–Kier alpha value is -0.670. The Bertz CT molecular complexity index is 317. The van der Waals surface area contributed by atoms with Crippen LogP contribution in [0.25, 0.3) is 0 Å². The van der Waals surface area contributed by atoms with Crippen LogP contribution >= 0.6 is 12.4 Å². The summed E-state index contributed by atoms with van der Waals surface area (Å²) < 4.78 is 25.9. The van der Waals surface area contributed by atoms with Crippen LogP contribution in [0.5, 0.6) is 0 Å². The molecule has 0 bridgehead atoms. The van der Waals surface area contributed by atoms with Crippen molar-refractivity contribution in [3.05, 3.63) is 35.4 Å². The summed E-state index contributed by atoms with van der Waals surface area (Å²) in [4.78, 5) is 0. The molecule has 0 aliphatic rings. The molecule has 1 aromatic carbocycles. The third-order valence-electron chi connectivity index (χ3n) is 2.58. The van der Waals surface area contributed by atoms with Crippen molar-refractivity contribution < 1.29 is 8.78 Å². The molecule has 15 heavy (non-hydrogen) atoms. The van der Waals surface area contributed by atoms with Gasteiger partial charge in [-0.05, 0) is 12.0 Å². The Kier molecular flexibility index (Phi) is 5.76. The van der Waals surface area contributed by atoms with Crippen molar-refractivity contribution in [2.24, 2.45) is 11.7 Å². The van der Waals surface area contributed by atoms with Crippen LogP contribution in [0, 0.1) is 17.6 Å². The molecule has 1 rings (SSSR count). The fraction of sp³-hybridized carbons (Fsp3) is 0.455. The van der Waals surface area contributed by atoms with E-state index in [4.69, 9.17) is 5.73 Å². The fourth-order valence-electron chi connectivity index (χ4n) is 1.33. The number of rotatable bonds is 3. The topological polar surface area (TPSA) is 26.0 Å². The van der Waals surface area contributed by atoms with Gasteiger partial charge < -0.3 is 5.73 Å². The number of hydrogen-bond donors (Lipinski definition) is 1. The van der Waals surface area contributed by atoms with E-state index in [0.29, 0.717) is 5.56 Å². The normalized spacial score (nSPS) is 14.2. The Morgan fingerprint density at radius 3 is 2.40 bits per heavy atom. The molecule has 0 spiro atoms. The first-order chi connectivity index (χ1) is 6.56. The smallest absolute Gasteiger partial charge is 0.130 e. The highest BCUT2D eigenvalue weighted by molar-refractivity contribution is 5.85.